The Balaban J connectivity index is 1.59. The second kappa shape index (κ2) is 6.13. The molecule has 3 rings (SSSR count). The minimum atomic E-state index is 0.145. The van der Waals surface area contributed by atoms with E-state index >= 15 is 0 Å². The molecule has 1 fully saturated rings. The standard InChI is InChI=1S/C15H20N4O/c16-13(12-3-1-2-4-12)10-15-18-14(19-20-15)9-11-5-7-17-8-6-11/h5-8,12-13H,1-4,9-10,16H2. The van der Waals surface area contributed by atoms with E-state index in [1.54, 1.807) is 12.4 Å². The third kappa shape index (κ3) is 3.22. The van der Waals surface area contributed by atoms with Crippen LogP contribution >= 0.6 is 0 Å². The zero-order valence-corrected chi connectivity index (χ0v) is 11.5. The molecule has 1 aliphatic carbocycles. The van der Waals surface area contributed by atoms with Gasteiger partial charge in [0, 0.05) is 31.3 Å². The summed E-state index contributed by atoms with van der Waals surface area (Å²) in [6.45, 7) is 0. The van der Waals surface area contributed by atoms with E-state index in [4.69, 9.17) is 10.3 Å². The summed E-state index contributed by atoms with van der Waals surface area (Å²) >= 11 is 0. The van der Waals surface area contributed by atoms with Crippen molar-refractivity contribution >= 4 is 0 Å². The van der Waals surface area contributed by atoms with Crippen LogP contribution in [0.2, 0.25) is 0 Å². The Labute approximate surface area is 118 Å². The number of nitrogens with two attached hydrogens (primary N) is 1. The first-order valence-electron chi connectivity index (χ1n) is 7.27. The highest BCUT2D eigenvalue weighted by Gasteiger charge is 2.23. The van der Waals surface area contributed by atoms with Crippen molar-refractivity contribution in [2.75, 3.05) is 0 Å². The van der Waals surface area contributed by atoms with E-state index in [-0.39, 0.29) is 6.04 Å². The molecular weight excluding hydrogens is 252 g/mol. The Morgan fingerprint density at radius 2 is 2.00 bits per heavy atom. The SMILES string of the molecule is NC(Cc1nc(Cc2ccncc2)no1)C1CCCC1. The lowest BCUT2D eigenvalue weighted by Gasteiger charge is -2.16. The lowest BCUT2D eigenvalue weighted by Crippen LogP contribution is -2.30. The van der Waals surface area contributed by atoms with Gasteiger partial charge in [-0.1, -0.05) is 18.0 Å². The zero-order valence-electron chi connectivity index (χ0n) is 11.5. The van der Waals surface area contributed by atoms with E-state index in [0.29, 0.717) is 30.5 Å². The summed E-state index contributed by atoms with van der Waals surface area (Å²) in [5, 5.41) is 4.03. The quantitative estimate of drug-likeness (QED) is 0.902. The molecule has 1 saturated carbocycles. The number of aromatic nitrogens is 3. The molecule has 1 unspecified atom stereocenters. The third-order valence-electron chi connectivity index (χ3n) is 4.04. The average Bonchev–Trinajstić information content (AvgIpc) is 3.11. The highest BCUT2D eigenvalue weighted by molar-refractivity contribution is 5.14. The molecule has 1 aliphatic rings. The van der Waals surface area contributed by atoms with E-state index in [9.17, 15) is 0 Å². The highest BCUT2D eigenvalue weighted by Crippen LogP contribution is 2.28. The van der Waals surface area contributed by atoms with E-state index in [0.717, 1.165) is 5.56 Å². The van der Waals surface area contributed by atoms with Crippen LogP contribution in [0.5, 0.6) is 0 Å². The molecule has 20 heavy (non-hydrogen) atoms. The smallest absolute Gasteiger partial charge is 0.228 e. The van der Waals surface area contributed by atoms with Crippen LogP contribution in [-0.2, 0) is 12.8 Å². The van der Waals surface area contributed by atoms with Crippen molar-refractivity contribution in [3.05, 3.63) is 41.8 Å². The Hall–Kier alpha value is -1.75. The summed E-state index contributed by atoms with van der Waals surface area (Å²) in [5.74, 6) is 1.99. The first-order valence-corrected chi connectivity index (χ1v) is 7.27. The average molecular weight is 272 g/mol. The fraction of sp³-hybridized carbons (Fsp3) is 0.533. The molecule has 106 valence electrons. The molecule has 2 N–H and O–H groups in total. The highest BCUT2D eigenvalue weighted by atomic mass is 16.5. The second-order valence-corrected chi connectivity index (χ2v) is 5.55. The Kier molecular flexibility index (Phi) is 4.06. The maximum Gasteiger partial charge on any atom is 0.228 e. The van der Waals surface area contributed by atoms with Gasteiger partial charge in [-0.2, -0.15) is 4.98 Å². The number of hydrogen-bond acceptors (Lipinski definition) is 5. The van der Waals surface area contributed by atoms with Gasteiger partial charge < -0.3 is 10.3 Å². The molecule has 2 heterocycles. The van der Waals surface area contributed by atoms with Gasteiger partial charge in [0.2, 0.25) is 5.89 Å². The van der Waals surface area contributed by atoms with Gasteiger partial charge in [-0.05, 0) is 36.5 Å². The molecule has 0 aromatic carbocycles. The molecule has 0 bridgehead atoms. The van der Waals surface area contributed by atoms with Crippen molar-refractivity contribution in [3.63, 3.8) is 0 Å². The van der Waals surface area contributed by atoms with Gasteiger partial charge in [0.05, 0.1) is 0 Å². The normalized spacial score (nSPS) is 17.4. The monoisotopic (exact) mass is 272 g/mol. The predicted octanol–water partition coefficient (Wildman–Crippen LogP) is 2.12. The summed E-state index contributed by atoms with van der Waals surface area (Å²) in [6, 6.07) is 4.06. The van der Waals surface area contributed by atoms with E-state index in [1.165, 1.54) is 25.7 Å². The minimum absolute atomic E-state index is 0.145. The second-order valence-electron chi connectivity index (χ2n) is 5.55. The Morgan fingerprint density at radius 1 is 1.25 bits per heavy atom. The zero-order chi connectivity index (χ0) is 13.8. The molecule has 2 aromatic heterocycles. The predicted molar refractivity (Wildman–Crippen MR) is 75.0 cm³/mol. The molecule has 2 aromatic rings. The maximum absolute atomic E-state index is 6.24. The fourth-order valence-corrected chi connectivity index (χ4v) is 2.88. The largest absolute Gasteiger partial charge is 0.339 e. The summed E-state index contributed by atoms with van der Waals surface area (Å²) < 4.78 is 5.31. The van der Waals surface area contributed by atoms with E-state index in [2.05, 4.69) is 15.1 Å². The number of hydrogen-bond donors (Lipinski definition) is 1. The van der Waals surface area contributed by atoms with Gasteiger partial charge in [-0.15, -0.1) is 0 Å². The van der Waals surface area contributed by atoms with Crippen LogP contribution in [0, 0.1) is 5.92 Å². The first kappa shape index (κ1) is 13.2. The number of pyridine rings is 1. The molecule has 0 spiro atoms. The van der Waals surface area contributed by atoms with Crippen molar-refractivity contribution in [2.24, 2.45) is 11.7 Å². The fourth-order valence-electron chi connectivity index (χ4n) is 2.88. The van der Waals surface area contributed by atoms with Crippen LogP contribution in [0.1, 0.15) is 43.0 Å². The van der Waals surface area contributed by atoms with E-state index < -0.39 is 0 Å². The van der Waals surface area contributed by atoms with Crippen molar-refractivity contribution in [1.82, 2.24) is 15.1 Å². The molecule has 0 amide bonds. The van der Waals surface area contributed by atoms with Crippen molar-refractivity contribution in [3.8, 4) is 0 Å². The van der Waals surface area contributed by atoms with Gasteiger partial charge in [-0.25, -0.2) is 0 Å². The van der Waals surface area contributed by atoms with Gasteiger partial charge in [0.15, 0.2) is 5.82 Å². The van der Waals surface area contributed by atoms with Crippen LogP contribution in [0.4, 0.5) is 0 Å². The molecule has 0 saturated heterocycles. The Bertz CT molecular complexity index is 534. The Morgan fingerprint density at radius 3 is 2.75 bits per heavy atom. The molecule has 0 aliphatic heterocycles. The maximum atomic E-state index is 6.24. The first-order chi connectivity index (χ1) is 9.81. The van der Waals surface area contributed by atoms with E-state index in [1.807, 2.05) is 12.1 Å². The number of nitrogens with zero attached hydrogens (tertiary/aromatic N) is 3. The van der Waals surface area contributed by atoms with Crippen LogP contribution in [0.15, 0.2) is 29.0 Å². The molecular formula is C15H20N4O. The van der Waals surface area contributed by atoms with Gasteiger partial charge >= 0.3 is 0 Å². The third-order valence-corrected chi connectivity index (χ3v) is 4.04. The van der Waals surface area contributed by atoms with Crippen LogP contribution in [0.25, 0.3) is 0 Å². The molecule has 0 radical (unpaired) electrons. The molecule has 5 nitrogen and oxygen atoms in total. The summed E-state index contributed by atoms with van der Waals surface area (Å²) in [5.41, 5.74) is 7.37. The van der Waals surface area contributed by atoms with Crippen LogP contribution in [0.3, 0.4) is 0 Å². The van der Waals surface area contributed by atoms with Gasteiger partial charge in [0.1, 0.15) is 0 Å². The van der Waals surface area contributed by atoms with Crippen molar-refractivity contribution in [2.45, 2.75) is 44.6 Å². The number of rotatable bonds is 5. The minimum Gasteiger partial charge on any atom is -0.339 e. The van der Waals surface area contributed by atoms with Crippen LogP contribution in [-0.4, -0.2) is 21.2 Å². The topological polar surface area (TPSA) is 77.8 Å². The van der Waals surface area contributed by atoms with Gasteiger partial charge in [-0.3, -0.25) is 4.98 Å². The lowest BCUT2D eigenvalue weighted by atomic mass is 9.96. The van der Waals surface area contributed by atoms with Crippen molar-refractivity contribution < 1.29 is 4.52 Å². The molecule has 1 atom stereocenters. The summed E-state index contributed by atoms with van der Waals surface area (Å²) in [4.78, 5) is 8.43. The summed E-state index contributed by atoms with van der Waals surface area (Å²) in [7, 11) is 0. The lowest BCUT2D eigenvalue weighted by molar-refractivity contribution is 0.339. The molecule has 5 heteroatoms. The summed E-state index contributed by atoms with van der Waals surface area (Å²) in [6.07, 6.45) is 9.97. The van der Waals surface area contributed by atoms with Crippen LogP contribution < -0.4 is 5.73 Å². The van der Waals surface area contributed by atoms with Gasteiger partial charge in [0.25, 0.3) is 0 Å². The van der Waals surface area contributed by atoms with Crippen molar-refractivity contribution in [1.29, 1.82) is 0 Å².